The van der Waals surface area contributed by atoms with Gasteiger partial charge in [-0.15, -0.1) is 0 Å². The number of fused-ring (bicyclic) bond motifs is 1. The van der Waals surface area contributed by atoms with Crippen molar-refractivity contribution in [3.63, 3.8) is 0 Å². The second kappa shape index (κ2) is 8.09. The lowest BCUT2D eigenvalue weighted by atomic mass is 10.2. The fourth-order valence-corrected chi connectivity index (χ4v) is 3.46. The summed E-state index contributed by atoms with van der Waals surface area (Å²) in [6, 6.07) is 5.86. The molecule has 0 bridgehead atoms. The zero-order chi connectivity index (χ0) is 22.2. The van der Waals surface area contributed by atoms with E-state index < -0.39 is 34.5 Å². The van der Waals surface area contributed by atoms with Crippen LogP contribution in [0.4, 0.5) is 22.0 Å². The Bertz CT molecular complexity index is 1220. The van der Waals surface area contributed by atoms with Crippen LogP contribution in [0.3, 0.4) is 0 Å². The molecular weight excluding hydrogens is 433 g/mol. The Morgan fingerprint density at radius 3 is 2.47 bits per heavy atom. The van der Waals surface area contributed by atoms with Crippen LogP contribution in [0.2, 0.25) is 0 Å². The lowest BCUT2D eigenvalue weighted by Gasteiger charge is -2.13. The molecule has 0 fully saturated rings. The van der Waals surface area contributed by atoms with Gasteiger partial charge in [-0.1, -0.05) is 17.8 Å². The van der Waals surface area contributed by atoms with Crippen molar-refractivity contribution in [3.05, 3.63) is 62.4 Å². The average Bonchev–Trinajstić information content (AvgIpc) is 2.69. The maximum Gasteiger partial charge on any atom is 0.433 e. The monoisotopic (exact) mass is 447 g/mol. The normalized spacial score (nSPS) is 12.0. The summed E-state index contributed by atoms with van der Waals surface area (Å²) in [5.41, 5.74) is -2.90. The molecule has 3 aromatic rings. The topological polar surface area (TPSA) is 66.1 Å². The van der Waals surface area contributed by atoms with Crippen LogP contribution in [0.25, 0.3) is 11.0 Å². The maximum atomic E-state index is 12.9. The van der Waals surface area contributed by atoms with Crippen molar-refractivity contribution in [2.24, 2.45) is 7.05 Å². The van der Waals surface area contributed by atoms with Crippen molar-refractivity contribution >= 4 is 22.8 Å². The van der Waals surface area contributed by atoms with Crippen molar-refractivity contribution < 1.29 is 26.7 Å². The number of aromatic nitrogens is 3. The molecule has 0 aliphatic carbocycles. The number of halogens is 5. The van der Waals surface area contributed by atoms with Gasteiger partial charge in [-0.3, -0.25) is 13.9 Å². The van der Waals surface area contributed by atoms with E-state index in [1.54, 1.807) is 0 Å². The van der Waals surface area contributed by atoms with Crippen molar-refractivity contribution in [2.75, 3.05) is 7.11 Å². The third-order valence-electron chi connectivity index (χ3n) is 4.26. The van der Waals surface area contributed by atoms with Gasteiger partial charge < -0.3 is 4.74 Å². The van der Waals surface area contributed by atoms with Gasteiger partial charge in [-0.05, 0) is 29.8 Å². The van der Waals surface area contributed by atoms with Crippen LogP contribution in [-0.2, 0) is 19.8 Å². The Balaban J connectivity index is 2.09. The smallest absolute Gasteiger partial charge is 0.433 e. The van der Waals surface area contributed by atoms with Crippen LogP contribution in [0.5, 0.6) is 5.75 Å². The van der Waals surface area contributed by atoms with E-state index in [0.29, 0.717) is 11.6 Å². The fourth-order valence-electron chi connectivity index (χ4n) is 2.86. The van der Waals surface area contributed by atoms with Gasteiger partial charge >= 0.3 is 11.9 Å². The fraction of sp³-hybridized carbons (Fsp3) is 0.278. The maximum absolute atomic E-state index is 12.9. The van der Waals surface area contributed by atoms with Crippen molar-refractivity contribution in [2.45, 2.75) is 23.4 Å². The SMILES string of the molecule is COc1cc(Cn2c(=O)c3ccc(C(F)(F)F)nc3n(C)c2=O)ccc1SC(F)F. The van der Waals surface area contributed by atoms with Gasteiger partial charge in [0.15, 0.2) is 0 Å². The summed E-state index contributed by atoms with van der Waals surface area (Å²) in [6.07, 6.45) is -4.73. The molecule has 0 aliphatic rings. The van der Waals surface area contributed by atoms with E-state index in [9.17, 15) is 31.5 Å². The molecular formula is C18H14F5N3O3S. The molecule has 0 aliphatic heterocycles. The minimum atomic E-state index is -4.73. The molecule has 30 heavy (non-hydrogen) atoms. The van der Waals surface area contributed by atoms with Crippen LogP contribution in [0.1, 0.15) is 11.3 Å². The van der Waals surface area contributed by atoms with E-state index in [1.807, 2.05) is 0 Å². The lowest BCUT2D eigenvalue weighted by Crippen LogP contribution is -2.39. The van der Waals surface area contributed by atoms with Crippen molar-refractivity contribution in [1.29, 1.82) is 0 Å². The van der Waals surface area contributed by atoms with E-state index in [0.717, 1.165) is 15.2 Å². The van der Waals surface area contributed by atoms with Gasteiger partial charge in [-0.2, -0.15) is 22.0 Å². The van der Waals surface area contributed by atoms with E-state index in [1.165, 1.54) is 32.4 Å². The van der Waals surface area contributed by atoms with E-state index in [-0.39, 0.29) is 34.3 Å². The first-order valence-corrected chi connectivity index (χ1v) is 9.20. The third kappa shape index (κ3) is 4.18. The molecule has 6 nitrogen and oxygen atoms in total. The molecule has 0 spiro atoms. The molecule has 2 heterocycles. The van der Waals surface area contributed by atoms with E-state index in [2.05, 4.69) is 4.98 Å². The van der Waals surface area contributed by atoms with Gasteiger partial charge in [-0.25, -0.2) is 9.78 Å². The second-order valence-corrected chi connectivity index (χ2v) is 7.19. The zero-order valence-corrected chi connectivity index (χ0v) is 16.4. The average molecular weight is 447 g/mol. The number of benzene rings is 1. The molecule has 0 saturated heterocycles. The van der Waals surface area contributed by atoms with Crippen LogP contribution in [0.15, 0.2) is 44.8 Å². The van der Waals surface area contributed by atoms with Gasteiger partial charge in [0, 0.05) is 7.05 Å². The first kappa shape index (κ1) is 21.8. The predicted molar refractivity (Wildman–Crippen MR) is 100 cm³/mol. The first-order valence-electron chi connectivity index (χ1n) is 8.32. The minimum Gasteiger partial charge on any atom is -0.496 e. The molecule has 0 N–H and O–H groups in total. The highest BCUT2D eigenvalue weighted by molar-refractivity contribution is 7.99. The van der Waals surface area contributed by atoms with Gasteiger partial charge in [0.05, 0.1) is 23.9 Å². The molecule has 1 aromatic carbocycles. The van der Waals surface area contributed by atoms with Crippen LogP contribution >= 0.6 is 11.8 Å². The van der Waals surface area contributed by atoms with Gasteiger partial charge in [0.1, 0.15) is 17.1 Å². The minimum absolute atomic E-state index is 0.139. The number of hydrogen-bond acceptors (Lipinski definition) is 5. The highest BCUT2D eigenvalue weighted by Crippen LogP contribution is 2.34. The molecule has 0 saturated carbocycles. The van der Waals surface area contributed by atoms with E-state index >= 15 is 0 Å². The Hall–Kier alpha value is -2.89. The summed E-state index contributed by atoms with van der Waals surface area (Å²) in [5, 5.41) is -0.165. The highest BCUT2D eigenvalue weighted by atomic mass is 32.2. The third-order valence-corrected chi connectivity index (χ3v) is 5.03. The largest absolute Gasteiger partial charge is 0.496 e. The summed E-state index contributed by atoms with van der Waals surface area (Å²) in [7, 11) is 2.50. The highest BCUT2D eigenvalue weighted by Gasteiger charge is 2.33. The predicted octanol–water partition coefficient (Wildman–Crippen LogP) is 3.49. The number of ether oxygens (including phenoxy) is 1. The van der Waals surface area contributed by atoms with E-state index in [4.69, 9.17) is 4.74 Å². The number of rotatable bonds is 5. The van der Waals surface area contributed by atoms with Crippen molar-refractivity contribution in [3.8, 4) is 5.75 Å². The Labute approximate surface area is 169 Å². The molecule has 0 atom stereocenters. The molecule has 2 aromatic heterocycles. The molecule has 160 valence electrons. The number of aryl methyl sites for hydroxylation is 1. The number of methoxy groups -OCH3 is 1. The number of alkyl halides is 5. The molecule has 12 heteroatoms. The van der Waals surface area contributed by atoms with Crippen molar-refractivity contribution in [1.82, 2.24) is 14.1 Å². The standard InChI is InChI=1S/C18H14F5N3O3S/c1-25-14-10(4-6-13(24-14)18(21,22)23)15(27)26(17(25)28)8-9-3-5-12(30-16(19)20)11(7-9)29-2/h3-7,16H,8H2,1-2H3. The second-order valence-electron chi connectivity index (χ2n) is 6.16. The summed E-state index contributed by atoms with van der Waals surface area (Å²) in [4.78, 5) is 28.9. The Morgan fingerprint density at radius 1 is 1.17 bits per heavy atom. The molecule has 0 unspecified atom stereocenters. The zero-order valence-electron chi connectivity index (χ0n) is 15.5. The first-order chi connectivity index (χ1) is 14.0. The number of hydrogen-bond donors (Lipinski definition) is 0. The Morgan fingerprint density at radius 2 is 1.87 bits per heavy atom. The summed E-state index contributed by atoms with van der Waals surface area (Å²) in [6.45, 7) is -0.238. The number of thioether (sulfide) groups is 1. The molecule has 0 amide bonds. The Kier molecular flexibility index (Phi) is 5.88. The van der Waals surface area contributed by atoms with Crippen LogP contribution in [0, 0.1) is 0 Å². The number of pyridine rings is 1. The van der Waals surface area contributed by atoms with Gasteiger partial charge in [0.25, 0.3) is 11.3 Å². The van der Waals surface area contributed by atoms with Crippen LogP contribution < -0.4 is 16.0 Å². The number of nitrogens with zero attached hydrogens (tertiary/aromatic N) is 3. The molecule has 3 rings (SSSR count). The summed E-state index contributed by atoms with van der Waals surface area (Å²) < 4.78 is 70.7. The quantitative estimate of drug-likeness (QED) is 0.443. The summed E-state index contributed by atoms with van der Waals surface area (Å²) in [5.74, 6) is -2.52. The lowest BCUT2D eigenvalue weighted by molar-refractivity contribution is -0.141. The summed E-state index contributed by atoms with van der Waals surface area (Å²) >= 11 is 0.286. The molecule has 0 radical (unpaired) electrons. The van der Waals surface area contributed by atoms with Crippen LogP contribution in [-0.4, -0.2) is 27.0 Å². The van der Waals surface area contributed by atoms with Gasteiger partial charge in [0.2, 0.25) is 0 Å².